The third kappa shape index (κ3) is 5.00. The zero-order chi connectivity index (χ0) is 13.4. The molecule has 1 rings (SSSR count). The lowest BCUT2D eigenvalue weighted by atomic mass is 10.3. The summed E-state index contributed by atoms with van der Waals surface area (Å²) >= 11 is 0. The van der Waals surface area contributed by atoms with Crippen molar-refractivity contribution < 1.29 is 0 Å². The van der Waals surface area contributed by atoms with Gasteiger partial charge in [0.25, 0.3) is 0 Å². The second-order valence-electron chi connectivity index (χ2n) is 4.91. The van der Waals surface area contributed by atoms with E-state index in [0.717, 1.165) is 44.0 Å². The molecule has 102 valence electrons. The summed E-state index contributed by atoms with van der Waals surface area (Å²) in [6.07, 6.45) is 2.27. The molecule has 0 atom stereocenters. The van der Waals surface area contributed by atoms with Crippen molar-refractivity contribution in [2.24, 2.45) is 0 Å². The molecule has 18 heavy (non-hydrogen) atoms. The first kappa shape index (κ1) is 14.9. The van der Waals surface area contributed by atoms with Crippen molar-refractivity contribution in [1.82, 2.24) is 15.5 Å². The molecule has 1 heterocycles. The molecule has 1 aromatic heterocycles. The third-order valence-electron chi connectivity index (χ3n) is 2.71. The van der Waals surface area contributed by atoms with Gasteiger partial charge in [0, 0.05) is 25.7 Å². The van der Waals surface area contributed by atoms with E-state index in [1.165, 1.54) is 0 Å². The summed E-state index contributed by atoms with van der Waals surface area (Å²) in [7, 11) is 0. The van der Waals surface area contributed by atoms with E-state index in [1.807, 2.05) is 0 Å². The first-order valence-electron chi connectivity index (χ1n) is 6.98. The van der Waals surface area contributed by atoms with Gasteiger partial charge < -0.3 is 10.2 Å². The van der Waals surface area contributed by atoms with Crippen LogP contribution in [0.2, 0.25) is 0 Å². The molecule has 0 aliphatic rings. The maximum atomic E-state index is 4.33. The van der Waals surface area contributed by atoms with E-state index in [9.17, 15) is 0 Å². The molecular weight excluding hydrogens is 224 g/mol. The molecule has 0 unspecified atom stereocenters. The number of nitrogens with zero attached hydrogens (tertiary/aromatic N) is 3. The van der Waals surface area contributed by atoms with E-state index in [4.69, 9.17) is 0 Å². The zero-order valence-electron chi connectivity index (χ0n) is 12.1. The second kappa shape index (κ2) is 8.03. The SMILES string of the molecule is CCCN(CCC)c1ccc(CNC(C)C)nn1. The molecule has 0 amide bonds. The van der Waals surface area contributed by atoms with Gasteiger partial charge in [-0.2, -0.15) is 5.10 Å². The lowest BCUT2D eigenvalue weighted by Gasteiger charge is -2.21. The van der Waals surface area contributed by atoms with E-state index < -0.39 is 0 Å². The zero-order valence-corrected chi connectivity index (χ0v) is 12.1. The summed E-state index contributed by atoms with van der Waals surface area (Å²) in [4.78, 5) is 2.30. The molecule has 0 aromatic carbocycles. The Kier molecular flexibility index (Phi) is 6.65. The number of anilines is 1. The summed E-state index contributed by atoms with van der Waals surface area (Å²) in [5.41, 5.74) is 1.00. The van der Waals surface area contributed by atoms with E-state index >= 15 is 0 Å². The van der Waals surface area contributed by atoms with Gasteiger partial charge in [-0.3, -0.25) is 0 Å². The molecule has 0 aliphatic heterocycles. The summed E-state index contributed by atoms with van der Waals surface area (Å²) in [6.45, 7) is 11.5. The molecular formula is C14H26N4. The Morgan fingerprint density at radius 2 is 1.78 bits per heavy atom. The van der Waals surface area contributed by atoms with Crippen LogP contribution in [-0.4, -0.2) is 29.3 Å². The Bertz CT molecular complexity index is 315. The van der Waals surface area contributed by atoms with Crippen molar-refractivity contribution in [3.63, 3.8) is 0 Å². The minimum atomic E-state index is 0.475. The van der Waals surface area contributed by atoms with Crippen molar-refractivity contribution in [2.75, 3.05) is 18.0 Å². The second-order valence-corrected chi connectivity index (χ2v) is 4.91. The van der Waals surface area contributed by atoms with Crippen LogP contribution in [0.1, 0.15) is 46.2 Å². The largest absolute Gasteiger partial charge is 0.355 e. The van der Waals surface area contributed by atoms with Crippen LogP contribution >= 0.6 is 0 Å². The fourth-order valence-electron chi connectivity index (χ4n) is 1.81. The normalized spacial score (nSPS) is 10.9. The minimum absolute atomic E-state index is 0.475. The van der Waals surface area contributed by atoms with Crippen LogP contribution < -0.4 is 10.2 Å². The first-order valence-corrected chi connectivity index (χ1v) is 6.98. The van der Waals surface area contributed by atoms with Gasteiger partial charge in [0.1, 0.15) is 0 Å². The first-order chi connectivity index (χ1) is 8.67. The third-order valence-corrected chi connectivity index (χ3v) is 2.71. The van der Waals surface area contributed by atoms with Crippen LogP contribution in [0, 0.1) is 0 Å². The summed E-state index contributed by atoms with van der Waals surface area (Å²) in [5.74, 6) is 0.993. The van der Waals surface area contributed by atoms with Crippen LogP contribution in [-0.2, 0) is 6.54 Å². The quantitative estimate of drug-likeness (QED) is 0.770. The van der Waals surface area contributed by atoms with Crippen LogP contribution in [0.5, 0.6) is 0 Å². The molecule has 1 aromatic rings. The van der Waals surface area contributed by atoms with Gasteiger partial charge in [0.15, 0.2) is 5.82 Å². The molecule has 0 saturated carbocycles. The molecule has 0 bridgehead atoms. The van der Waals surface area contributed by atoms with Crippen LogP contribution in [0.25, 0.3) is 0 Å². The van der Waals surface area contributed by atoms with Crippen molar-refractivity contribution >= 4 is 5.82 Å². The summed E-state index contributed by atoms with van der Waals surface area (Å²) in [6, 6.07) is 4.62. The molecule has 0 saturated heterocycles. The van der Waals surface area contributed by atoms with Gasteiger partial charge in [0.05, 0.1) is 5.69 Å². The molecule has 0 spiro atoms. The monoisotopic (exact) mass is 250 g/mol. The lowest BCUT2D eigenvalue weighted by Crippen LogP contribution is -2.27. The Morgan fingerprint density at radius 3 is 2.22 bits per heavy atom. The maximum absolute atomic E-state index is 4.33. The van der Waals surface area contributed by atoms with Crippen LogP contribution in [0.3, 0.4) is 0 Å². The van der Waals surface area contributed by atoms with Gasteiger partial charge in [-0.1, -0.05) is 27.7 Å². The molecule has 0 aliphatic carbocycles. The number of nitrogens with one attached hydrogen (secondary N) is 1. The predicted octanol–water partition coefficient (Wildman–Crippen LogP) is 2.60. The highest BCUT2D eigenvalue weighted by molar-refractivity contribution is 5.37. The average molecular weight is 250 g/mol. The topological polar surface area (TPSA) is 41.0 Å². The maximum Gasteiger partial charge on any atom is 0.151 e. The Labute approximate surface area is 111 Å². The minimum Gasteiger partial charge on any atom is -0.355 e. The van der Waals surface area contributed by atoms with Crippen molar-refractivity contribution in [3.05, 3.63) is 17.8 Å². The number of rotatable bonds is 8. The highest BCUT2D eigenvalue weighted by Gasteiger charge is 2.06. The van der Waals surface area contributed by atoms with Gasteiger partial charge in [0.2, 0.25) is 0 Å². The van der Waals surface area contributed by atoms with Crippen molar-refractivity contribution in [1.29, 1.82) is 0 Å². The van der Waals surface area contributed by atoms with E-state index in [-0.39, 0.29) is 0 Å². The smallest absolute Gasteiger partial charge is 0.151 e. The standard InChI is InChI=1S/C14H26N4/c1-5-9-18(10-6-2)14-8-7-13(16-17-14)11-15-12(3)4/h7-8,12,15H,5-6,9-11H2,1-4H3. The van der Waals surface area contributed by atoms with E-state index in [1.54, 1.807) is 0 Å². The Hall–Kier alpha value is -1.16. The fourth-order valence-corrected chi connectivity index (χ4v) is 1.81. The number of hydrogen-bond donors (Lipinski definition) is 1. The van der Waals surface area contributed by atoms with E-state index in [2.05, 4.69) is 60.2 Å². The molecule has 1 N–H and O–H groups in total. The fraction of sp³-hybridized carbons (Fsp3) is 0.714. The van der Waals surface area contributed by atoms with Gasteiger partial charge in [-0.15, -0.1) is 5.10 Å². The lowest BCUT2D eigenvalue weighted by molar-refractivity contribution is 0.577. The highest BCUT2D eigenvalue weighted by Crippen LogP contribution is 2.10. The molecule has 0 radical (unpaired) electrons. The average Bonchev–Trinajstić information content (AvgIpc) is 2.37. The van der Waals surface area contributed by atoms with Crippen molar-refractivity contribution in [3.8, 4) is 0 Å². The van der Waals surface area contributed by atoms with Gasteiger partial charge >= 0.3 is 0 Å². The van der Waals surface area contributed by atoms with Gasteiger partial charge in [-0.25, -0.2) is 0 Å². The molecule has 0 fully saturated rings. The van der Waals surface area contributed by atoms with Crippen LogP contribution in [0.15, 0.2) is 12.1 Å². The highest BCUT2D eigenvalue weighted by atomic mass is 15.3. The molecule has 4 heteroatoms. The summed E-state index contributed by atoms with van der Waals surface area (Å²) in [5, 5.41) is 12.0. The van der Waals surface area contributed by atoms with Gasteiger partial charge in [-0.05, 0) is 25.0 Å². The Balaban J connectivity index is 2.61. The number of aromatic nitrogens is 2. The van der Waals surface area contributed by atoms with Crippen molar-refractivity contribution in [2.45, 2.75) is 53.1 Å². The number of hydrogen-bond acceptors (Lipinski definition) is 4. The van der Waals surface area contributed by atoms with Crippen LogP contribution in [0.4, 0.5) is 5.82 Å². The Morgan fingerprint density at radius 1 is 1.11 bits per heavy atom. The molecule has 4 nitrogen and oxygen atoms in total. The summed E-state index contributed by atoms with van der Waals surface area (Å²) < 4.78 is 0. The predicted molar refractivity (Wildman–Crippen MR) is 76.8 cm³/mol. The van der Waals surface area contributed by atoms with E-state index in [0.29, 0.717) is 6.04 Å².